The van der Waals surface area contributed by atoms with Gasteiger partial charge in [-0.15, -0.1) is 0 Å². The van der Waals surface area contributed by atoms with Crippen molar-refractivity contribution in [2.45, 2.75) is 32.5 Å². The van der Waals surface area contributed by atoms with E-state index in [9.17, 15) is 0 Å². The fourth-order valence-electron chi connectivity index (χ4n) is 2.28. The van der Waals surface area contributed by atoms with Crippen LogP contribution in [-0.4, -0.2) is 41.8 Å². The van der Waals surface area contributed by atoms with E-state index in [-0.39, 0.29) is 11.7 Å². The lowest BCUT2D eigenvalue weighted by Gasteiger charge is -2.42. The molecule has 1 aromatic heterocycles. The van der Waals surface area contributed by atoms with Gasteiger partial charge in [-0.05, 0) is 20.8 Å². The molecule has 2 heterocycles. The predicted octanol–water partition coefficient (Wildman–Crippen LogP) is 1.52. The highest BCUT2D eigenvalue weighted by Gasteiger charge is 2.31. The van der Waals surface area contributed by atoms with Crippen molar-refractivity contribution in [1.29, 1.82) is 0 Å². The molecule has 0 radical (unpaired) electrons. The number of hydrogen-bond acceptors (Lipinski definition) is 5. The van der Waals surface area contributed by atoms with Crippen molar-refractivity contribution in [3.63, 3.8) is 0 Å². The molecule has 17 heavy (non-hydrogen) atoms. The Morgan fingerprint density at radius 2 is 2.24 bits per heavy atom. The molecule has 1 aliphatic rings. The van der Waals surface area contributed by atoms with E-state index in [2.05, 4.69) is 41.0 Å². The molecule has 0 aliphatic carbocycles. The zero-order valence-corrected chi connectivity index (χ0v) is 10.9. The molecule has 0 bridgehead atoms. The zero-order chi connectivity index (χ0) is 12.5. The van der Waals surface area contributed by atoms with Crippen LogP contribution in [0.1, 0.15) is 20.8 Å². The smallest absolute Gasteiger partial charge is 0.134 e. The van der Waals surface area contributed by atoms with Crippen LogP contribution < -0.4 is 10.2 Å². The molecule has 1 saturated heterocycles. The number of rotatable bonds is 2. The van der Waals surface area contributed by atoms with E-state index in [0.717, 1.165) is 24.7 Å². The summed E-state index contributed by atoms with van der Waals surface area (Å²) < 4.78 is 5.88. The quantitative estimate of drug-likeness (QED) is 0.843. The van der Waals surface area contributed by atoms with Crippen molar-refractivity contribution < 1.29 is 4.74 Å². The summed E-state index contributed by atoms with van der Waals surface area (Å²) in [5, 5.41) is 3.03. The standard InChI is InChI=1S/C12H20N4O/c1-9-6-16(7-12(2,3)17-9)11-5-10(13-4)14-8-15-11/h5,8-9H,6-7H2,1-4H3,(H,13,14,15). The summed E-state index contributed by atoms with van der Waals surface area (Å²) >= 11 is 0. The molecular weight excluding hydrogens is 216 g/mol. The minimum atomic E-state index is -0.136. The fraction of sp³-hybridized carbons (Fsp3) is 0.667. The van der Waals surface area contributed by atoms with Gasteiger partial charge in [-0.25, -0.2) is 9.97 Å². The Hall–Kier alpha value is -1.36. The Balaban J connectivity index is 2.20. The summed E-state index contributed by atoms with van der Waals surface area (Å²) in [6.45, 7) is 8.01. The predicted molar refractivity (Wildman–Crippen MR) is 68.4 cm³/mol. The lowest BCUT2D eigenvalue weighted by molar-refractivity contribution is -0.0751. The molecule has 1 N–H and O–H groups in total. The summed E-state index contributed by atoms with van der Waals surface area (Å²) in [6.07, 6.45) is 1.81. The molecule has 5 nitrogen and oxygen atoms in total. The van der Waals surface area contributed by atoms with Gasteiger partial charge in [0, 0.05) is 26.2 Å². The third kappa shape index (κ3) is 2.85. The summed E-state index contributed by atoms with van der Waals surface area (Å²) in [5.41, 5.74) is -0.136. The van der Waals surface area contributed by atoms with Crippen LogP contribution >= 0.6 is 0 Å². The summed E-state index contributed by atoms with van der Waals surface area (Å²) in [5.74, 6) is 1.79. The lowest BCUT2D eigenvalue weighted by atomic mass is 10.1. The molecule has 0 saturated carbocycles. The first-order chi connectivity index (χ1) is 8.00. The highest BCUT2D eigenvalue weighted by Crippen LogP contribution is 2.25. The fourth-order valence-corrected chi connectivity index (χ4v) is 2.28. The van der Waals surface area contributed by atoms with E-state index in [0.29, 0.717) is 0 Å². The number of nitrogens with one attached hydrogen (secondary N) is 1. The second-order valence-electron chi connectivity index (χ2n) is 5.08. The molecule has 0 aromatic carbocycles. The Kier molecular flexibility index (Phi) is 3.19. The van der Waals surface area contributed by atoms with Crippen LogP contribution in [0.2, 0.25) is 0 Å². The molecule has 1 fully saturated rings. The summed E-state index contributed by atoms with van der Waals surface area (Å²) in [7, 11) is 1.86. The zero-order valence-electron chi connectivity index (χ0n) is 10.9. The van der Waals surface area contributed by atoms with Gasteiger partial charge in [0.15, 0.2) is 0 Å². The SMILES string of the molecule is CNc1cc(N2CC(C)OC(C)(C)C2)ncn1. The van der Waals surface area contributed by atoms with Gasteiger partial charge in [0.2, 0.25) is 0 Å². The second-order valence-corrected chi connectivity index (χ2v) is 5.08. The first kappa shape index (κ1) is 12.1. The molecule has 2 rings (SSSR count). The van der Waals surface area contributed by atoms with Crippen molar-refractivity contribution in [2.24, 2.45) is 0 Å². The van der Waals surface area contributed by atoms with Crippen molar-refractivity contribution >= 4 is 11.6 Å². The number of hydrogen-bond donors (Lipinski definition) is 1. The van der Waals surface area contributed by atoms with Gasteiger partial charge in [0.25, 0.3) is 0 Å². The Morgan fingerprint density at radius 3 is 2.88 bits per heavy atom. The average molecular weight is 236 g/mol. The van der Waals surface area contributed by atoms with E-state index < -0.39 is 0 Å². The van der Waals surface area contributed by atoms with Crippen molar-refractivity contribution in [3.05, 3.63) is 12.4 Å². The Morgan fingerprint density at radius 1 is 1.47 bits per heavy atom. The van der Waals surface area contributed by atoms with Gasteiger partial charge in [-0.2, -0.15) is 0 Å². The first-order valence-electron chi connectivity index (χ1n) is 5.93. The largest absolute Gasteiger partial charge is 0.373 e. The molecule has 1 aliphatic heterocycles. The highest BCUT2D eigenvalue weighted by atomic mass is 16.5. The van der Waals surface area contributed by atoms with E-state index in [4.69, 9.17) is 4.74 Å². The Bertz CT molecular complexity index is 394. The molecule has 0 amide bonds. The van der Waals surface area contributed by atoms with Crippen molar-refractivity contribution in [3.8, 4) is 0 Å². The van der Waals surface area contributed by atoms with Crippen LogP contribution in [0.3, 0.4) is 0 Å². The number of ether oxygens (including phenoxy) is 1. The van der Waals surface area contributed by atoms with Crippen molar-refractivity contribution in [1.82, 2.24) is 9.97 Å². The maximum Gasteiger partial charge on any atom is 0.134 e. The first-order valence-corrected chi connectivity index (χ1v) is 5.93. The summed E-state index contributed by atoms with van der Waals surface area (Å²) in [6, 6.07) is 1.97. The van der Waals surface area contributed by atoms with Crippen LogP contribution in [0, 0.1) is 0 Å². The number of anilines is 2. The van der Waals surface area contributed by atoms with Crippen LogP contribution in [0.25, 0.3) is 0 Å². The minimum absolute atomic E-state index is 0.136. The minimum Gasteiger partial charge on any atom is -0.373 e. The van der Waals surface area contributed by atoms with Gasteiger partial charge >= 0.3 is 0 Å². The highest BCUT2D eigenvalue weighted by molar-refractivity contribution is 5.48. The third-order valence-electron chi connectivity index (χ3n) is 2.80. The van der Waals surface area contributed by atoms with Gasteiger partial charge in [0.1, 0.15) is 18.0 Å². The van der Waals surface area contributed by atoms with E-state index in [1.807, 2.05) is 13.1 Å². The van der Waals surface area contributed by atoms with Crippen LogP contribution in [0.4, 0.5) is 11.6 Å². The normalized spacial score (nSPS) is 23.5. The van der Waals surface area contributed by atoms with Crippen molar-refractivity contribution in [2.75, 3.05) is 30.4 Å². The molecule has 1 aromatic rings. The van der Waals surface area contributed by atoms with Gasteiger partial charge in [-0.3, -0.25) is 0 Å². The van der Waals surface area contributed by atoms with Gasteiger partial charge in [0.05, 0.1) is 11.7 Å². The van der Waals surface area contributed by atoms with Crippen LogP contribution in [0.15, 0.2) is 12.4 Å². The number of nitrogens with zero attached hydrogens (tertiary/aromatic N) is 3. The molecule has 0 spiro atoms. The van der Waals surface area contributed by atoms with E-state index in [1.165, 1.54) is 0 Å². The van der Waals surface area contributed by atoms with Crippen LogP contribution in [-0.2, 0) is 4.74 Å². The van der Waals surface area contributed by atoms with Gasteiger partial charge in [-0.1, -0.05) is 0 Å². The maximum absolute atomic E-state index is 5.88. The number of morpholine rings is 1. The summed E-state index contributed by atoms with van der Waals surface area (Å²) in [4.78, 5) is 10.7. The average Bonchev–Trinajstić information content (AvgIpc) is 2.26. The third-order valence-corrected chi connectivity index (χ3v) is 2.80. The monoisotopic (exact) mass is 236 g/mol. The van der Waals surface area contributed by atoms with Gasteiger partial charge < -0.3 is 15.0 Å². The Labute approximate surface area is 102 Å². The number of aromatic nitrogens is 2. The molecule has 5 heteroatoms. The van der Waals surface area contributed by atoms with E-state index in [1.54, 1.807) is 6.33 Å². The van der Waals surface area contributed by atoms with Crippen LogP contribution in [0.5, 0.6) is 0 Å². The molecule has 1 unspecified atom stereocenters. The molecule has 94 valence electrons. The topological polar surface area (TPSA) is 50.3 Å². The molecular formula is C12H20N4O. The second kappa shape index (κ2) is 4.49. The maximum atomic E-state index is 5.88. The molecule has 1 atom stereocenters. The lowest BCUT2D eigenvalue weighted by Crippen LogP contribution is -2.52. The van der Waals surface area contributed by atoms with E-state index >= 15 is 0 Å².